The van der Waals surface area contributed by atoms with E-state index in [-0.39, 0.29) is 5.91 Å². The SMILES string of the molecule is Cc1cc(C(=O)NCCC(C)C)ccc1Nc1cccc(C=Cc2ccccn2)c1. The Morgan fingerprint density at radius 1 is 1.03 bits per heavy atom. The molecular formula is C26H29N3O. The predicted octanol–water partition coefficient (Wildman–Crippen LogP) is 6.08. The molecule has 30 heavy (non-hydrogen) atoms. The number of anilines is 2. The molecule has 0 saturated carbocycles. The lowest BCUT2D eigenvalue weighted by Crippen LogP contribution is -2.25. The maximum atomic E-state index is 12.3. The number of pyridine rings is 1. The number of hydrogen-bond acceptors (Lipinski definition) is 3. The van der Waals surface area contributed by atoms with Crippen LogP contribution >= 0.6 is 0 Å². The molecule has 2 aromatic carbocycles. The molecule has 3 rings (SSSR count). The van der Waals surface area contributed by atoms with Gasteiger partial charge in [0.1, 0.15) is 0 Å². The van der Waals surface area contributed by atoms with Gasteiger partial charge in [-0.25, -0.2) is 0 Å². The third-order valence-corrected chi connectivity index (χ3v) is 4.80. The highest BCUT2D eigenvalue weighted by Crippen LogP contribution is 2.23. The normalized spacial score (nSPS) is 11.1. The Labute approximate surface area is 179 Å². The van der Waals surface area contributed by atoms with Crippen LogP contribution in [-0.4, -0.2) is 17.4 Å². The first-order valence-electron chi connectivity index (χ1n) is 10.4. The molecule has 0 aliphatic heterocycles. The highest BCUT2D eigenvalue weighted by Gasteiger charge is 2.08. The summed E-state index contributed by atoms with van der Waals surface area (Å²) < 4.78 is 0. The van der Waals surface area contributed by atoms with Crippen LogP contribution in [0.1, 0.15) is 47.4 Å². The van der Waals surface area contributed by atoms with Crippen molar-refractivity contribution in [2.45, 2.75) is 27.2 Å². The number of aromatic nitrogens is 1. The highest BCUT2D eigenvalue weighted by atomic mass is 16.1. The number of nitrogens with one attached hydrogen (secondary N) is 2. The van der Waals surface area contributed by atoms with Crippen molar-refractivity contribution >= 4 is 29.4 Å². The summed E-state index contributed by atoms with van der Waals surface area (Å²) in [6.45, 7) is 7.02. The van der Waals surface area contributed by atoms with Crippen molar-refractivity contribution in [1.29, 1.82) is 0 Å². The lowest BCUT2D eigenvalue weighted by atomic mass is 10.1. The van der Waals surface area contributed by atoms with Crippen LogP contribution in [0.15, 0.2) is 66.9 Å². The summed E-state index contributed by atoms with van der Waals surface area (Å²) in [5.41, 5.74) is 5.71. The molecule has 0 aliphatic rings. The molecule has 1 amide bonds. The first-order valence-corrected chi connectivity index (χ1v) is 10.4. The van der Waals surface area contributed by atoms with Crippen LogP contribution in [0.5, 0.6) is 0 Å². The molecule has 0 bridgehead atoms. The van der Waals surface area contributed by atoms with Gasteiger partial charge in [0, 0.05) is 29.7 Å². The number of hydrogen-bond donors (Lipinski definition) is 2. The summed E-state index contributed by atoms with van der Waals surface area (Å²) in [4.78, 5) is 16.6. The van der Waals surface area contributed by atoms with Gasteiger partial charge in [0.25, 0.3) is 5.91 Å². The number of carbonyl (C=O) groups is 1. The van der Waals surface area contributed by atoms with Gasteiger partial charge in [0.05, 0.1) is 5.69 Å². The molecule has 0 radical (unpaired) electrons. The summed E-state index contributed by atoms with van der Waals surface area (Å²) in [6.07, 6.45) is 6.81. The van der Waals surface area contributed by atoms with E-state index >= 15 is 0 Å². The number of rotatable bonds is 8. The highest BCUT2D eigenvalue weighted by molar-refractivity contribution is 5.95. The summed E-state index contributed by atoms with van der Waals surface area (Å²) in [5.74, 6) is 0.556. The summed E-state index contributed by atoms with van der Waals surface area (Å²) >= 11 is 0. The van der Waals surface area contributed by atoms with Crippen molar-refractivity contribution in [2.24, 2.45) is 5.92 Å². The van der Waals surface area contributed by atoms with Crippen molar-refractivity contribution in [3.63, 3.8) is 0 Å². The second-order valence-corrected chi connectivity index (χ2v) is 7.81. The zero-order valence-corrected chi connectivity index (χ0v) is 17.9. The summed E-state index contributed by atoms with van der Waals surface area (Å²) in [5, 5.41) is 6.44. The molecule has 4 heteroatoms. The van der Waals surface area contributed by atoms with Gasteiger partial charge in [0.15, 0.2) is 0 Å². The van der Waals surface area contributed by atoms with E-state index < -0.39 is 0 Å². The third-order valence-electron chi connectivity index (χ3n) is 4.80. The molecule has 0 fully saturated rings. The summed E-state index contributed by atoms with van der Waals surface area (Å²) in [6, 6.07) is 19.8. The molecule has 0 spiro atoms. The second-order valence-electron chi connectivity index (χ2n) is 7.81. The quantitative estimate of drug-likeness (QED) is 0.483. The average Bonchev–Trinajstić information content (AvgIpc) is 2.74. The lowest BCUT2D eigenvalue weighted by molar-refractivity contribution is 0.0952. The molecule has 0 unspecified atom stereocenters. The first-order chi connectivity index (χ1) is 14.5. The number of benzene rings is 2. The lowest BCUT2D eigenvalue weighted by Gasteiger charge is -2.12. The Morgan fingerprint density at radius 2 is 1.90 bits per heavy atom. The maximum Gasteiger partial charge on any atom is 0.251 e. The van der Waals surface area contributed by atoms with Gasteiger partial charge in [-0.2, -0.15) is 0 Å². The zero-order valence-electron chi connectivity index (χ0n) is 17.9. The number of carbonyl (C=O) groups excluding carboxylic acids is 1. The van der Waals surface area contributed by atoms with E-state index in [2.05, 4.69) is 41.6 Å². The average molecular weight is 400 g/mol. The minimum absolute atomic E-state index is 0.0213. The van der Waals surface area contributed by atoms with Gasteiger partial charge in [-0.15, -0.1) is 0 Å². The van der Waals surface area contributed by atoms with E-state index in [0.29, 0.717) is 18.0 Å². The minimum atomic E-state index is -0.0213. The topological polar surface area (TPSA) is 54.0 Å². The Bertz CT molecular complexity index is 1010. The Morgan fingerprint density at radius 3 is 2.63 bits per heavy atom. The van der Waals surface area contributed by atoms with Crippen LogP contribution in [0.3, 0.4) is 0 Å². The molecule has 3 aromatic rings. The molecule has 2 N–H and O–H groups in total. The minimum Gasteiger partial charge on any atom is -0.355 e. The van der Waals surface area contributed by atoms with Crippen LogP contribution in [0.2, 0.25) is 0 Å². The van der Waals surface area contributed by atoms with Crippen LogP contribution in [0.4, 0.5) is 11.4 Å². The number of amides is 1. The number of aryl methyl sites for hydroxylation is 1. The fourth-order valence-electron chi connectivity index (χ4n) is 3.05. The van der Waals surface area contributed by atoms with E-state index in [1.54, 1.807) is 6.20 Å². The van der Waals surface area contributed by atoms with Crippen LogP contribution in [-0.2, 0) is 0 Å². The third kappa shape index (κ3) is 6.31. The van der Waals surface area contributed by atoms with Crippen LogP contribution in [0, 0.1) is 12.8 Å². The van der Waals surface area contributed by atoms with Crippen LogP contribution < -0.4 is 10.6 Å². The maximum absolute atomic E-state index is 12.3. The van der Waals surface area contributed by atoms with Gasteiger partial charge < -0.3 is 10.6 Å². The Balaban J connectivity index is 1.66. The van der Waals surface area contributed by atoms with Gasteiger partial charge >= 0.3 is 0 Å². The molecule has 1 heterocycles. The monoisotopic (exact) mass is 399 g/mol. The Kier molecular flexibility index (Phi) is 7.39. The smallest absolute Gasteiger partial charge is 0.251 e. The van der Waals surface area contributed by atoms with Gasteiger partial charge in [-0.3, -0.25) is 9.78 Å². The fourth-order valence-corrected chi connectivity index (χ4v) is 3.05. The fraction of sp³-hybridized carbons (Fsp3) is 0.231. The zero-order chi connectivity index (χ0) is 21.3. The number of nitrogens with zero attached hydrogens (tertiary/aromatic N) is 1. The second kappa shape index (κ2) is 10.4. The van der Waals surface area contributed by atoms with Crippen LogP contribution in [0.25, 0.3) is 12.2 Å². The molecule has 154 valence electrons. The standard InChI is InChI=1S/C26H29N3O/c1-19(2)14-16-28-26(30)22-11-13-25(20(3)17-22)29-24-9-6-7-21(18-24)10-12-23-8-4-5-15-27-23/h4-13,15,17-19,29H,14,16H2,1-3H3,(H,28,30). The van der Waals surface area contributed by atoms with E-state index in [4.69, 9.17) is 0 Å². The van der Waals surface area contributed by atoms with Gasteiger partial charge in [-0.05, 0) is 78.9 Å². The molecule has 0 atom stereocenters. The van der Waals surface area contributed by atoms with Crippen molar-refractivity contribution in [3.8, 4) is 0 Å². The van der Waals surface area contributed by atoms with E-state index in [1.165, 1.54) is 0 Å². The molecule has 0 saturated heterocycles. The van der Waals surface area contributed by atoms with Crippen molar-refractivity contribution < 1.29 is 4.79 Å². The van der Waals surface area contributed by atoms with Crippen molar-refractivity contribution in [1.82, 2.24) is 10.3 Å². The van der Waals surface area contributed by atoms with Gasteiger partial charge in [0.2, 0.25) is 0 Å². The Hall–Kier alpha value is -3.40. The van der Waals surface area contributed by atoms with E-state index in [1.807, 2.05) is 67.6 Å². The van der Waals surface area contributed by atoms with E-state index in [0.717, 1.165) is 34.6 Å². The molecule has 4 nitrogen and oxygen atoms in total. The summed E-state index contributed by atoms with van der Waals surface area (Å²) in [7, 11) is 0. The first kappa shape index (κ1) is 21.3. The van der Waals surface area contributed by atoms with Crippen molar-refractivity contribution in [3.05, 3.63) is 89.2 Å². The molecule has 0 aliphatic carbocycles. The molecule has 1 aromatic heterocycles. The largest absolute Gasteiger partial charge is 0.355 e. The molecular weight excluding hydrogens is 370 g/mol. The predicted molar refractivity (Wildman–Crippen MR) is 126 cm³/mol. The van der Waals surface area contributed by atoms with E-state index in [9.17, 15) is 4.79 Å². The van der Waals surface area contributed by atoms with Crippen molar-refractivity contribution in [2.75, 3.05) is 11.9 Å². The van der Waals surface area contributed by atoms with Gasteiger partial charge in [-0.1, -0.05) is 38.1 Å².